The van der Waals surface area contributed by atoms with Crippen molar-refractivity contribution >= 4 is 29.3 Å². The first-order valence-electron chi connectivity index (χ1n) is 4.08. The average molecular weight is 228 g/mol. The molecular formula is C9H6ClNO4. The molecular weight excluding hydrogens is 222 g/mol. The molecule has 0 saturated carbocycles. The number of imide groups is 1. The molecule has 1 N–H and O–H groups in total. The van der Waals surface area contributed by atoms with Gasteiger partial charge in [-0.1, -0.05) is 11.6 Å². The van der Waals surface area contributed by atoms with Gasteiger partial charge in [-0.3, -0.25) is 4.79 Å². The number of benzene rings is 1. The fraction of sp³-hybridized carbons (Fsp3) is 0.111. The number of anilines is 1. The maximum Gasteiger partial charge on any atom is 0.418 e. The lowest BCUT2D eigenvalue weighted by Gasteiger charge is -2.25. The Morgan fingerprint density at radius 1 is 1.53 bits per heavy atom. The minimum absolute atomic E-state index is 0.197. The number of halogens is 1. The predicted octanol–water partition coefficient (Wildman–Crippen LogP) is 1.74. The minimum Gasteiger partial charge on any atom is -0.481 e. The fourth-order valence-electron chi connectivity index (χ4n) is 1.34. The summed E-state index contributed by atoms with van der Waals surface area (Å²) in [6.45, 7) is -0.292. The second-order valence-corrected chi connectivity index (χ2v) is 3.35. The van der Waals surface area contributed by atoms with Crippen molar-refractivity contribution < 1.29 is 19.4 Å². The van der Waals surface area contributed by atoms with E-state index in [0.29, 0.717) is 15.7 Å². The van der Waals surface area contributed by atoms with Crippen LogP contribution in [0.2, 0.25) is 5.02 Å². The lowest BCUT2D eigenvalue weighted by Crippen LogP contribution is -2.42. The Hall–Kier alpha value is -1.75. The molecule has 6 heteroatoms. The summed E-state index contributed by atoms with van der Waals surface area (Å²) < 4.78 is 5.06. The summed E-state index contributed by atoms with van der Waals surface area (Å²) in [7, 11) is 0. The minimum atomic E-state index is -1.33. The zero-order valence-corrected chi connectivity index (χ0v) is 8.19. The molecule has 1 aliphatic heterocycles. The molecule has 15 heavy (non-hydrogen) atoms. The molecule has 5 nitrogen and oxygen atoms in total. The molecule has 0 fully saturated rings. The van der Waals surface area contributed by atoms with Gasteiger partial charge in [0.2, 0.25) is 0 Å². The smallest absolute Gasteiger partial charge is 0.418 e. The molecule has 78 valence electrons. The van der Waals surface area contributed by atoms with Gasteiger partial charge < -0.3 is 9.84 Å². The number of carboxylic acid groups (broad SMARTS) is 1. The van der Waals surface area contributed by atoms with Gasteiger partial charge in [-0.05, 0) is 12.1 Å². The first kappa shape index (κ1) is 9.79. The maximum absolute atomic E-state index is 11.3. The summed E-state index contributed by atoms with van der Waals surface area (Å²) >= 11 is 5.71. The highest BCUT2D eigenvalue weighted by atomic mass is 35.5. The molecule has 0 saturated heterocycles. The SMILES string of the molecule is O=C(O)N1C(=O)COc2cc(Cl)ccc21. The number of hydrogen-bond acceptors (Lipinski definition) is 3. The molecule has 1 aromatic carbocycles. The van der Waals surface area contributed by atoms with Gasteiger partial charge in [0, 0.05) is 11.1 Å². The Balaban J connectivity index is 2.53. The molecule has 1 aliphatic rings. The van der Waals surface area contributed by atoms with Crippen molar-refractivity contribution in [3.8, 4) is 5.75 Å². The van der Waals surface area contributed by atoms with Crippen LogP contribution in [0.3, 0.4) is 0 Å². The molecule has 1 heterocycles. The second-order valence-electron chi connectivity index (χ2n) is 2.91. The van der Waals surface area contributed by atoms with Crippen molar-refractivity contribution in [2.75, 3.05) is 11.5 Å². The van der Waals surface area contributed by atoms with Crippen LogP contribution in [0.15, 0.2) is 18.2 Å². The highest BCUT2D eigenvalue weighted by Gasteiger charge is 2.30. The Morgan fingerprint density at radius 2 is 2.27 bits per heavy atom. The van der Waals surface area contributed by atoms with Gasteiger partial charge in [0.15, 0.2) is 6.61 Å². The van der Waals surface area contributed by atoms with Gasteiger partial charge in [0.1, 0.15) is 5.75 Å². The summed E-state index contributed by atoms with van der Waals surface area (Å²) in [5, 5.41) is 9.27. The predicted molar refractivity (Wildman–Crippen MR) is 52.5 cm³/mol. The van der Waals surface area contributed by atoms with E-state index >= 15 is 0 Å². The number of amides is 2. The number of fused-ring (bicyclic) bond motifs is 1. The molecule has 0 aromatic heterocycles. The van der Waals surface area contributed by atoms with Gasteiger partial charge in [0.05, 0.1) is 5.69 Å². The van der Waals surface area contributed by atoms with Crippen molar-refractivity contribution in [2.45, 2.75) is 0 Å². The van der Waals surface area contributed by atoms with E-state index in [-0.39, 0.29) is 12.3 Å². The van der Waals surface area contributed by atoms with Crippen LogP contribution in [-0.4, -0.2) is 23.7 Å². The van der Waals surface area contributed by atoms with Gasteiger partial charge in [-0.25, -0.2) is 9.69 Å². The third kappa shape index (κ3) is 1.61. The number of hydrogen-bond donors (Lipinski definition) is 1. The Morgan fingerprint density at radius 3 is 2.93 bits per heavy atom. The molecule has 0 atom stereocenters. The Labute approximate surface area is 89.8 Å². The zero-order chi connectivity index (χ0) is 11.0. The number of nitrogens with zero attached hydrogens (tertiary/aromatic N) is 1. The average Bonchev–Trinajstić information content (AvgIpc) is 2.17. The van der Waals surface area contributed by atoms with Crippen LogP contribution in [0.5, 0.6) is 5.75 Å². The van der Waals surface area contributed by atoms with E-state index in [2.05, 4.69) is 0 Å². The number of ether oxygens (including phenoxy) is 1. The molecule has 0 unspecified atom stereocenters. The van der Waals surface area contributed by atoms with Gasteiger partial charge in [-0.15, -0.1) is 0 Å². The van der Waals surface area contributed by atoms with Crippen LogP contribution in [0, 0.1) is 0 Å². The van der Waals surface area contributed by atoms with Crippen LogP contribution in [0.1, 0.15) is 0 Å². The third-order valence-corrected chi connectivity index (χ3v) is 2.19. The first-order valence-corrected chi connectivity index (χ1v) is 4.45. The number of carbonyl (C=O) groups excluding carboxylic acids is 1. The van der Waals surface area contributed by atoms with Crippen molar-refractivity contribution in [3.05, 3.63) is 23.2 Å². The van der Waals surface area contributed by atoms with Crippen LogP contribution in [0.25, 0.3) is 0 Å². The topological polar surface area (TPSA) is 66.8 Å². The number of carbonyl (C=O) groups is 2. The van der Waals surface area contributed by atoms with E-state index in [1.54, 1.807) is 0 Å². The summed E-state index contributed by atoms with van der Waals surface area (Å²) in [4.78, 5) is 22.7. The normalized spacial score (nSPS) is 14.5. The van der Waals surface area contributed by atoms with E-state index in [1.807, 2.05) is 0 Å². The lowest BCUT2D eigenvalue weighted by molar-refractivity contribution is -0.120. The maximum atomic E-state index is 11.3. The van der Waals surface area contributed by atoms with Crippen LogP contribution >= 0.6 is 11.6 Å². The largest absolute Gasteiger partial charge is 0.481 e. The number of rotatable bonds is 0. The van der Waals surface area contributed by atoms with Gasteiger partial charge >= 0.3 is 6.09 Å². The summed E-state index contributed by atoms with van der Waals surface area (Å²) in [6, 6.07) is 4.40. The van der Waals surface area contributed by atoms with E-state index in [1.165, 1.54) is 18.2 Å². The second kappa shape index (κ2) is 3.43. The van der Waals surface area contributed by atoms with Crippen LogP contribution < -0.4 is 9.64 Å². The summed E-state index contributed by atoms with van der Waals surface area (Å²) in [6.07, 6.45) is -1.33. The molecule has 0 radical (unpaired) electrons. The monoisotopic (exact) mass is 227 g/mol. The highest BCUT2D eigenvalue weighted by Crippen LogP contribution is 2.34. The molecule has 2 rings (SSSR count). The molecule has 1 aromatic rings. The van der Waals surface area contributed by atoms with Crippen molar-refractivity contribution in [3.63, 3.8) is 0 Å². The quantitative estimate of drug-likeness (QED) is 0.733. The van der Waals surface area contributed by atoms with Crippen molar-refractivity contribution in [1.82, 2.24) is 0 Å². The van der Waals surface area contributed by atoms with Crippen molar-refractivity contribution in [1.29, 1.82) is 0 Å². The van der Waals surface area contributed by atoms with E-state index in [9.17, 15) is 9.59 Å². The Kier molecular flexibility index (Phi) is 2.24. The summed E-state index contributed by atoms with van der Waals surface area (Å²) in [5.41, 5.74) is 0.197. The summed E-state index contributed by atoms with van der Waals surface area (Å²) in [5.74, 6) is -0.318. The molecule has 2 amide bonds. The fourth-order valence-corrected chi connectivity index (χ4v) is 1.50. The van der Waals surface area contributed by atoms with Crippen LogP contribution in [0.4, 0.5) is 10.5 Å². The standard InChI is InChI=1S/C9H6ClNO4/c10-5-1-2-6-7(3-5)15-4-8(12)11(6)9(13)14/h1-3H,4H2,(H,13,14). The van der Waals surface area contributed by atoms with E-state index in [4.69, 9.17) is 21.4 Å². The van der Waals surface area contributed by atoms with Gasteiger partial charge in [0.25, 0.3) is 5.91 Å². The zero-order valence-electron chi connectivity index (χ0n) is 7.44. The molecule has 0 aliphatic carbocycles. The first-order chi connectivity index (χ1) is 7.09. The highest BCUT2D eigenvalue weighted by molar-refractivity contribution is 6.31. The van der Waals surface area contributed by atoms with E-state index < -0.39 is 12.0 Å². The third-order valence-electron chi connectivity index (χ3n) is 1.95. The van der Waals surface area contributed by atoms with Gasteiger partial charge in [-0.2, -0.15) is 0 Å². The van der Waals surface area contributed by atoms with Crippen molar-refractivity contribution in [2.24, 2.45) is 0 Å². The Bertz CT molecular complexity index is 446. The van der Waals surface area contributed by atoms with E-state index in [0.717, 1.165) is 0 Å². The van der Waals surface area contributed by atoms with Crippen LogP contribution in [-0.2, 0) is 4.79 Å². The lowest BCUT2D eigenvalue weighted by atomic mass is 10.2. The molecule has 0 spiro atoms. The molecule has 0 bridgehead atoms.